The molecular weight excluding hydrogens is 618 g/mol. The van der Waals surface area contributed by atoms with Gasteiger partial charge in [-0.3, -0.25) is 4.79 Å². The smallest absolute Gasteiger partial charge is 0.249 e. The first-order valence-electron chi connectivity index (χ1n) is 22.8. The summed E-state index contributed by atoms with van der Waals surface area (Å²) in [6, 6.07) is -0.705. The van der Waals surface area contributed by atoms with Gasteiger partial charge in [-0.25, -0.2) is 0 Å². The van der Waals surface area contributed by atoms with Crippen LogP contribution >= 0.6 is 0 Å². The van der Waals surface area contributed by atoms with Gasteiger partial charge in [0.25, 0.3) is 0 Å². The van der Waals surface area contributed by atoms with Gasteiger partial charge in [0.2, 0.25) is 5.91 Å². The molecule has 3 atom stereocenters. The van der Waals surface area contributed by atoms with E-state index in [1.807, 2.05) is 0 Å². The molecule has 0 rings (SSSR count). The van der Waals surface area contributed by atoms with Crippen LogP contribution in [0.4, 0.5) is 0 Å². The predicted octanol–water partition coefficient (Wildman–Crippen LogP) is 13.0. The Morgan fingerprint density at radius 3 is 0.900 bits per heavy atom. The molecule has 5 heteroatoms. The van der Waals surface area contributed by atoms with Crippen LogP contribution in [0.5, 0.6) is 0 Å². The van der Waals surface area contributed by atoms with Gasteiger partial charge in [-0.2, -0.15) is 0 Å². The Balaban J connectivity index is 3.57. The molecule has 1 amide bonds. The molecule has 0 aliphatic rings. The SMILES string of the molecule is CCCCCCCCCCCCCCCCCCCCC(O)C(=O)NC(CO)C(O)CCCCCCCCCCCCCCCCCCCC. The molecule has 0 radical (unpaired) electrons. The Morgan fingerprint density at radius 2 is 0.640 bits per heavy atom. The van der Waals surface area contributed by atoms with Crippen LogP contribution in [-0.4, -0.2) is 46.1 Å². The standard InChI is InChI=1S/C45H91NO4/c1-3-5-7-9-11-13-15-17-19-21-23-25-27-29-31-33-35-37-39-43(48)42(41-47)46-45(50)44(49)40-38-36-34-32-30-28-26-24-22-20-18-16-14-12-10-8-6-4-2/h42-44,47-49H,3-41H2,1-2H3,(H,46,50). The lowest BCUT2D eigenvalue weighted by Crippen LogP contribution is -2.49. The zero-order valence-corrected chi connectivity index (χ0v) is 34.1. The van der Waals surface area contributed by atoms with Gasteiger partial charge >= 0.3 is 0 Å². The molecule has 0 saturated carbocycles. The average Bonchev–Trinajstić information content (AvgIpc) is 3.12. The first-order valence-corrected chi connectivity index (χ1v) is 22.8. The Bertz CT molecular complexity index is 659. The van der Waals surface area contributed by atoms with Crippen LogP contribution in [-0.2, 0) is 4.79 Å². The van der Waals surface area contributed by atoms with Gasteiger partial charge in [0, 0.05) is 0 Å². The number of unbranched alkanes of at least 4 members (excludes halogenated alkanes) is 34. The highest BCUT2D eigenvalue weighted by Gasteiger charge is 2.23. The zero-order valence-electron chi connectivity index (χ0n) is 34.1. The summed E-state index contributed by atoms with van der Waals surface area (Å²) in [7, 11) is 0. The number of aliphatic hydroxyl groups is 3. The van der Waals surface area contributed by atoms with Crippen molar-refractivity contribution in [2.75, 3.05) is 6.61 Å². The van der Waals surface area contributed by atoms with E-state index in [4.69, 9.17) is 0 Å². The minimum Gasteiger partial charge on any atom is -0.394 e. The molecule has 0 saturated heterocycles. The molecule has 4 N–H and O–H groups in total. The van der Waals surface area contributed by atoms with Crippen molar-refractivity contribution in [3.63, 3.8) is 0 Å². The molecule has 50 heavy (non-hydrogen) atoms. The van der Waals surface area contributed by atoms with E-state index in [-0.39, 0.29) is 6.61 Å². The lowest BCUT2D eigenvalue weighted by molar-refractivity contribution is -0.131. The van der Waals surface area contributed by atoms with E-state index in [9.17, 15) is 20.1 Å². The lowest BCUT2D eigenvalue weighted by atomic mass is 10.0. The van der Waals surface area contributed by atoms with Crippen LogP contribution in [0.15, 0.2) is 0 Å². The summed E-state index contributed by atoms with van der Waals surface area (Å²) in [5, 5.41) is 33.4. The van der Waals surface area contributed by atoms with Crippen molar-refractivity contribution in [3.8, 4) is 0 Å². The average molecular weight is 710 g/mol. The normalized spacial score (nSPS) is 13.5. The van der Waals surface area contributed by atoms with Crippen molar-refractivity contribution >= 4 is 5.91 Å². The molecule has 0 heterocycles. The molecule has 5 nitrogen and oxygen atoms in total. The van der Waals surface area contributed by atoms with Crippen molar-refractivity contribution in [2.45, 2.75) is 276 Å². The molecule has 0 aromatic carbocycles. The number of rotatable bonds is 42. The fourth-order valence-corrected chi connectivity index (χ4v) is 7.37. The van der Waals surface area contributed by atoms with Gasteiger partial charge in [0.15, 0.2) is 0 Å². The van der Waals surface area contributed by atoms with Crippen LogP contribution in [0, 0.1) is 0 Å². The van der Waals surface area contributed by atoms with E-state index in [1.54, 1.807) is 0 Å². The highest BCUT2D eigenvalue weighted by Crippen LogP contribution is 2.17. The third kappa shape index (κ3) is 35.7. The molecule has 0 aliphatic heterocycles. The van der Waals surface area contributed by atoms with Crippen LogP contribution in [0.1, 0.15) is 258 Å². The van der Waals surface area contributed by atoms with Crippen molar-refractivity contribution < 1.29 is 20.1 Å². The molecule has 300 valence electrons. The second-order valence-corrected chi connectivity index (χ2v) is 16.0. The number of hydrogen-bond acceptors (Lipinski definition) is 4. The number of carbonyl (C=O) groups is 1. The maximum Gasteiger partial charge on any atom is 0.249 e. The van der Waals surface area contributed by atoms with Gasteiger partial charge in [-0.15, -0.1) is 0 Å². The summed E-state index contributed by atoms with van der Waals surface area (Å²) < 4.78 is 0. The Hall–Kier alpha value is -0.650. The van der Waals surface area contributed by atoms with Crippen molar-refractivity contribution in [2.24, 2.45) is 0 Å². The molecule has 0 aromatic heterocycles. The van der Waals surface area contributed by atoms with E-state index in [0.29, 0.717) is 12.8 Å². The number of nitrogens with one attached hydrogen (secondary N) is 1. The van der Waals surface area contributed by atoms with Gasteiger partial charge in [-0.05, 0) is 12.8 Å². The summed E-state index contributed by atoms with van der Waals surface area (Å²) in [6.07, 6.45) is 46.7. The van der Waals surface area contributed by atoms with Gasteiger partial charge in [0.1, 0.15) is 6.10 Å². The van der Waals surface area contributed by atoms with E-state index in [0.717, 1.165) is 32.1 Å². The highest BCUT2D eigenvalue weighted by molar-refractivity contribution is 5.80. The zero-order chi connectivity index (χ0) is 36.6. The minimum atomic E-state index is -1.07. The summed E-state index contributed by atoms with van der Waals surface area (Å²) in [6.45, 7) is 4.26. The lowest BCUT2D eigenvalue weighted by Gasteiger charge is -2.23. The maximum atomic E-state index is 12.5. The summed E-state index contributed by atoms with van der Waals surface area (Å²) >= 11 is 0. The molecule has 0 bridgehead atoms. The highest BCUT2D eigenvalue weighted by atomic mass is 16.3. The fraction of sp³-hybridized carbons (Fsp3) is 0.978. The van der Waals surface area contributed by atoms with Gasteiger partial charge in [0.05, 0.1) is 18.8 Å². The monoisotopic (exact) mass is 710 g/mol. The molecule has 0 aliphatic carbocycles. The third-order valence-corrected chi connectivity index (χ3v) is 11.0. The van der Waals surface area contributed by atoms with Crippen LogP contribution < -0.4 is 5.32 Å². The Kier molecular flexibility index (Phi) is 40.6. The number of amides is 1. The Morgan fingerprint density at radius 1 is 0.400 bits per heavy atom. The maximum absolute atomic E-state index is 12.5. The van der Waals surface area contributed by atoms with Gasteiger partial charge < -0.3 is 20.6 Å². The van der Waals surface area contributed by atoms with Crippen molar-refractivity contribution in [3.05, 3.63) is 0 Å². The quantitative estimate of drug-likeness (QED) is 0.0475. The number of hydrogen-bond donors (Lipinski definition) is 4. The van der Waals surface area contributed by atoms with Crippen LogP contribution in [0.25, 0.3) is 0 Å². The van der Waals surface area contributed by atoms with Crippen LogP contribution in [0.3, 0.4) is 0 Å². The topological polar surface area (TPSA) is 89.8 Å². The first kappa shape index (κ1) is 49.4. The van der Waals surface area contributed by atoms with Crippen molar-refractivity contribution in [1.82, 2.24) is 5.32 Å². The third-order valence-electron chi connectivity index (χ3n) is 11.0. The minimum absolute atomic E-state index is 0.308. The van der Waals surface area contributed by atoms with E-state index < -0.39 is 24.2 Å². The molecular formula is C45H91NO4. The molecule has 3 unspecified atom stereocenters. The van der Waals surface area contributed by atoms with Gasteiger partial charge in [-0.1, -0.05) is 245 Å². The van der Waals surface area contributed by atoms with Crippen molar-refractivity contribution in [1.29, 1.82) is 0 Å². The largest absolute Gasteiger partial charge is 0.394 e. The second-order valence-electron chi connectivity index (χ2n) is 16.0. The fourth-order valence-electron chi connectivity index (χ4n) is 7.37. The molecule has 0 spiro atoms. The number of aliphatic hydroxyl groups excluding tert-OH is 3. The second kappa shape index (κ2) is 41.1. The summed E-state index contributed by atoms with van der Waals surface area (Å²) in [4.78, 5) is 12.5. The van der Waals surface area contributed by atoms with E-state index >= 15 is 0 Å². The molecule has 0 fully saturated rings. The summed E-state index contributed by atoms with van der Waals surface area (Å²) in [5.74, 6) is -0.465. The summed E-state index contributed by atoms with van der Waals surface area (Å²) in [5.41, 5.74) is 0. The van der Waals surface area contributed by atoms with E-state index in [1.165, 1.54) is 199 Å². The van der Waals surface area contributed by atoms with Crippen LogP contribution in [0.2, 0.25) is 0 Å². The Labute approximate surface area is 313 Å². The first-order chi connectivity index (χ1) is 24.6. The molecule has 0 aromatic rings. The number of carbonyl (C=O) groups excluding carboxylic acids is 1. The van der Waals surface area contributed by atoms with E-state index in [2.05, 4.69) is 19.2 Å². The predicted molar refractivity (Wildman–Crippen MR) is 218 cm³/mol.